The number of benzene rings is 2. The van der Waals surface area contributed by atoms with Gasteiger partial charge in [-0.05, 0) is 55.3 Å². The van der Waals surface area contributed by atoms with Gasteiger partial charge in [-0.3, -0.25) is 13.9 Å². The lowest BCUT2D eigenvalue weighted by molar-refractivity contribution is -0.140. The van der Waals surface area contributed by atoms with Crippen molar-refractivity contribution >= 4 is 62.3 Å². The van der Waals surface area contributed by atoms with Crippen LogP contribution in [0.5, 0.6) is 0 Å². The summed E-state index contributed by atoms with van der Waals surface area (Å²) in [4.78, 5) is 27.5. The summed E-state index contributed by atoms with van der Waals surface area (Å²) >= 11 is 18.0. The predicted octanol–water partition coefficient (Wildman–Crippen LogP) is 4.36. The number of halogens is 3. The fraction of sp³-hybridized carbons (Fsp3) is 0.364. The molecule has 0 bridgehead atoms. The lowest BCUT2D eigenvalue weighted by Gasteiger charge is -2.32. The van der Waals surface area contributed by atoms with Crippen molar-refractivity contribution in [2.45, 2.75) is 32.9 Å². The molecular weight excluding hydrogens is 509 g/mol. The first-order chi connectivity index (χ1) is 15.5. The van der Waals surface area contributed by atoms with Crippen LogP contribution in [0.3, 0.4) is 0 Å². The number of nitrogens with one attached hydrogen (secondary N) is 1. The highest BCUT2D eigenvalue weighted by atomic mass is 35.5. The molecular formula is C22H26Cl3N3O4S. The second-order valence-electron chi connectivity index (χ2n) is 7.33. The second-order valence-corrected chi connectivity index (χ2v) is 10.5. The Kier molecular flexibility index (Phi) is 9.84. The van der Waals surface area contributed by atoms with Crippen LogP contribution in [0.1, 0.15) is 25.8 Å². The van der Waals surface area contributed by atoms with Crippen molar-refractivity contribution in [3.8, 4) is 0 Å². The molecule has 33 heavy (non-hydrogen) atoms. The van der Waals surface area contributed by atoms with Crippen molar-refractivity contribution in [2.24, 2.45) is 0 Å². The number of carbonyl (C=O) groups excluding carboxylic acids is 2. The summed E-state index contributed by atoms with van der Waals surface area (Å²) in [6, 6.07) is 10.2. The minimum Gasteiger partial charge on any atom is -0.355 e. The molecule has 2 aromatic rings. The highest BCUT2D eigenvalue weighted by Crippen LogP contribution is 2.25. The molecule has 180 valence electrons. The van der Waals surface area contributed by atoms with Crippen LogP contribution < -0.4 is 9.62 Å². The zero-order valence-electron chi connectivity index (χ0n) is 18.5. The third kappa shape index (κ3) is 7.50. The summed E-state index contributed by atoms with van der Waals surface area (Å²) in [5.41, 5.74) is 0.939. The third-order valence-electron chi connectivity index (χ3n) is 4.87. The first kappa shape index (κ1) is 27.2. The quantitative estimate of drug-likeness (QED) is 0.491. The van der Waals surface area contributed by atoms with Gasteiger partial charge in [-0.15, -0.1) is 0 Å². The molecule has 1 atom stereocenters. The third-order valence-corrected chi connectivity index (χ3v) is 7.00. The molecule has 1 N–H and O–H groups in total. The van der Waals surface area contributed by atoms with Crippen LogP contribution in [0.4, 0.5) is 5.69 Å². The van der Waals surface area contributed by atoms with E-state index in [2.05, 4.69) is 5.32 Å². The molecule has 0 saturated heterocycles. The van der Waals surface area contributed by atoms with Crippen molar-refractivity contribution < 1.29 is 18.0 Å². The van der Waals surface area contributed by atoms with Gasteiger partial charge in [-0.1, -0.05) is 47.8 Å². The van der Waals surface area contributed by atoms with E-state index in [1.807, 2.05) is 0 Å². The van der Waals surface area contributed by atoms with E-state index in [0.717, 1.165) is 10.6 Å². The zero-order chi connectivity index (χ0) is 24.8. The molecule has 0 unspecified atom stereocenters. The summed E-state index contributed by atoms with van der Waals surface area (Å²) < 4.78 is 26.0. The first-order valence-corrected chi connectivity index (χ1v) is 13.2. The zero-order valence-corrected chi connectivity index (χ0v) is 21.6. The second kappa shape index (κ2) is 11.9. The van der Waals surface area contributed by atoms with Crippen molar-refractivity contribution in [3.63, 3.8) is 0 Å². The molecule has 0 spiro atoms. The fourth-order valence-corrected chi connectivity index (χ4v) is 4.56. The van der Waals surface area contributed by atoms with Gasteiger partial charge in [-0.25, -0.2) is 8.42 Å². The molecule has 0 aliphatic carbocycles. The summed E-state index contributed by atoms with van der Waals surface area (Å²) in [5.74, 6) is -0.870. The van der Waals surface area contributed by atoms with Crippen LogP contribution in [0.25, 0.3) is 0 Å². The van der Waals surface area contributed by atoms with Crippen LogP contribution in [0.15, 0.2) is 42.5 Å². The number of hydrogen-bond donors (Lipinski definition) is 1. The van der Waals surface area contributed by atoms with E-state index in [-0.39, 0.29) is 18.1 Å². The van der Waals surface area contributed by atoms with Gasteiger partial charge in [-0.2, -0.15) is 0 Å². The largest absolute Gasteiger partial charge is 0.355 e. The Bertz CT molecular complexity index is 1090. The Morgan fingerprint density at radius 3 is 2.15 bits per heavy atom. The van der Waals surface area contributed by atoms with Crippen molar-refractivity contribution in [3.05, 3.63) is 63.1 Å². The number of amides is 2. The van der Waals surface area contributed by atoms with E-state index < -0.39 is 28.5 Å². The summed E-state index contributed by atoms with van der Waals surface area (Å²) in [7, 11) is -3.80. The van der Waals surface area contributed by atoms with Gasteiger partial charge in [0.2, 0.25) is 21.8 Å². The molecule has 0 radical (unpaired) electrons. The van der Waals surface area contributed by atoms with Crippen molar-refractivity contribution in [1.82, 2.24) is 10.2 Å². The first-order valence-electron chi connectivity index (χ1n) is 10.2. The van der Waals surface area contributed by atoms with Gasteiger partial charge in [0.25, 0.3) is 0 Å². The molecule has 7 nitrogen and oxygen atoms in total. The van der Waals surface area contributed by atoms with Crippen molar-refractivity contribution in [2.75, 3.05) is 23.7 Å². The SMILES string of the molecule is CCNC(=O)[C@@H](CC)N(Cc1ccc(Cl)c(Cl)c1)C(=O)CN(c1ccc(Cl)cc1)S(C)(=O)=O. The van der Waals surface area contributed by atoms with Crippen LogP contribution in [0.2, 0.25) is 15.1 Å². The lowest BCUT2D eigenvalue weighted by atomic mass is 10.1. The Morgan fingerprint density at radius 1 is 1.00 bits per heavy atom. The predicted molar refractivity (Wildman–Crippen MR) is 133 cm³/mol. The highest BCUT2D eigenvalue weighted by molar-refractivity contribution is 7.92. The molecule has 0 heterocycles. The maximum atomic E-state index is 13.5. The maximum absolute atomic E-state index is 13.5. The standard InChI is InChI=1S/C22H26Cl3N3O4S/c1-4-20(22(30)26-5-2)27(13-15-6-11-18(24)19(25)12-15)21(29)14-28(33(3,31)32)17-9-7-16(23)8-10-17/h6-12,20H,4-5,13-14H2,1-3H3,(H,26,30)/t20-/m1/s1. The average molecular weight is 535 g/mol. The molecule has 0 saturated carbocycles. The maximum Gasteiger partial charge on any atom is 0.244 e. The van der Waals surface area contributed by atoms with E-state index in [0.29, 0.717) is 33.6 Å². The number of hydrogen-bond acceptors (Lipinski definition) is 4. The average Bonchev–Trinajstić information content (AvgIpc) is 2.74. The Hall–Kier alpha value is -2.00. The van der Waals surface area contributed by atoms with E-state index >= 15 is 0 Å². The number of carbonyl (C=O) groups is 2. The Balaban J connectivity index is 2.44. The Morgan fingerprint density at radius 2 is 1.64 bits per heavy atom. The normalized spacial score (nSPS) is 12.2. The van der Waals surface area contributed by atoms with Gasteiger partial charge in [0.05, 0.1) is 22.0 Å². The van der Waals surface area contributed by atoms with Gasteiger partial charge in [0, 0.05) is 18.1 Å². The number of rotatable bonds is 10. The molecule has 0 fully saturated rings. The van der Waals surface area contributed by atoms with Crippen molar-refractivity contribution in [1.29, 1.82) is 0 Å². The molecule has 11 heteroatoms. The number of anilines is 1. The van der Waals surface area contributed by atoms with Gasteiger partial charge in [0.15, 0.2) is 0 Å². The summed E-state index contributed by atoms with van der Waals surface area (Å²) in [5, 5.41) is 3.84. The molecule has 0 aromatic heterocycles. The lowest BCUT2D eigenvalue weighted by Crippen LogP contribution is -2.52. The smallest absolute Gasteiger partial charge is 0.244 e. The minimum absolute atomic E-state index is 0.0452. The summed E-state index contributed by atoms with van der Waals surface area (Å²) in [6.45, 7) is 3.51. The van der Waals surface area contributed by atoms with Crippen LogP contribution in [-0.4, -0.2) is 50.5 Å². The van der Waals surface area contributed by atoms with Crippen LogP contribution >= 0.6 is 34.8 Å². The number of sulfonamides is 1. The molecule has 2 rings (SSSR count). The van der Waals surface area contributed by atoms with Gasteiger partial charge in [0.1, 0.15) is 12.6 Å². The van der Waals surface area contributed by atoms with E-state index in [4.69, 9.17) is 34.8 Å². The topological polar surface area (TPSA) is 86.8 Å². The Labute approximate surface area is 209 Å². The highest BCUT2D eigenvalue weighted by Gasteiger charge is 2.31. The summed E-state index contributed by atoms with van der Waals surface area (Å²) in [6.07, 6.45) is 1.35. The van der Waals surface area contributed by atoms with Crippen LogP contribution in [-0.2, 0) is 26.2 Å². The number of nitrogens with zero attached hydrogens (tertiary/aromatic N) is 2. The van der Waals surface area contributed by atoms with Crippen LogP contribution in [0, 0.1) is 0 Å². The molecule has 0 aliphatic rings. The molecule has 2 amide bonds. The van der Waals surface area contributed by atoms with E-state index in [1.54, 1.807) is 32.0 Å². The fourth-order valence-electron chi connectivity index (χ4n) is 3.27. The van der Waals surface area contributed by atoms with Gasteiger partial charge < -0.3 is 10.2 Å². The minimum atomic E-state index is -3.80. The van der Waals surface area contributed by atoms with E-state index in [1.165, 1.54) is 29.2 Å². The molecule has 0 aliphatic heterocycles. The van der Waals surface area contributed by atoms with Gasteiger partial charge >= 0.3 is 0 Å². The number of likely N-dealkylation sites (N-methyl/N-ethyl adjacent to an activating group) is 1. The van der Waals surface area contributed by atoms with E-state index in [9.17, 15) is 18.0 Å². The molecule has 2 aromatic carbocycles. The monoisotopic (exact) mass is 533 g/mol.